The van der Waals surface area contributed by atoms with Gasteiger partial charge in [0, 0.05) is 12.7 Å². The van der Waals surface area contributed by atoms with Gasteiger partial charge in [-0.05, 0) is 74.7 Å². The van der Waals surface area contributed by atoms with Crippen molar-refractivity contribution >= 4 is 39.3 Å². The quantitative estimate of drug-likeness (QED) is 0.155. The molecular weight excluding hydrogens is 539 g/mol. The number of hydrogen-bond acceptors (Lipinski definition) is 5. The molecule has 7 heteroatoms. The summed E-state index contributed by atoms with van der Waals surface area (Å²) in [5.74, 6) is -0.150. The molecule has 0 aromatic heterocycles. The minimum absolute atomic E-state index is 0.150. The normalized spacial score (nSPS) is 11.7. The molecule has 4 rings (SSSR count). The Hall–Kier alpha value is -3.31. The minimum Gasteiger partial charge on any atom is -0.748 e. The smallest absolute Gasteiger partial charge is 0.306 e. The molecule has 0 aliphatic heterocycles. The maximum absolute atomic E-state index is 12.3. The lowest BCUT2D eigenvalue weighted by atomic mass is 10.1. The van der Waals surface area contributed by atoms with Crippen LogP contribution in [0.5, 0.6) is 0 Å². The van der Waals surface area contributed by atoms with Crippen molar-refractivity contribution in [3.63, 3.8) is 0 Å². The van der Waals surface area contributed by atoms with Crippen molar-refractivity contribution in [1.29, 1.82) is 0 Å². The van der Waals surface area contributed by atoms with Crippen LogP contribution in [0.2, 0.25) is 0 Å². The van der Waals surface area contributed by atoms with Crippen LogP contribution in [0.3, 0.4) is 0 Å². The van der Waals surface area contributed by atoms with E-state index in [0.717, 1.165) is 6.16 Å². The lowest BCUT2D eigenvalue weighted by Gasteiger charge is -2.28. The van der Waals surface area contributed by atoms with Crippen LogP contribution in [-0.2, 0) is 32.2 Å². The monoisotopic (exact) mass is 576 g/mol. The Morgan fingerprint density at radius 3 is 1.52 bits per heavy atom. The van der Waals surface area contributed by atoms with Gasteiger partial charge in [-0.3, -0.25) is 4.79 Å². The summed E-state index contributed by atoms with van der Waals surface area (Å²) in [7, 11) is -5.87. The second-order valence-corrected chi connectivity index (χ2v) is 15.5. The second kappa shape index (κ2) is 13.8. The molecule has 5 nitrogen and oxygen atoms in total. The number of rotatable bonds is 8. The molecule has 0 radical (unpaired) electrons. The average Bonchev–Trinajstić information content (AvgIpc) is 2.90. The highest BCUT2D eigenvalue weighted by atomic mass is 32.2. The summed E-state index contributed by atoms with van der Waals surface area (Å²) < 4.78 is 32.7. The Bertz CT molecular complexity index is 1360. The zero-order chi connectivity index (χ0) is 29.2. The van der Waals surface area contributed by atoms with Gasteiger partial charge in [0.05, 0.1) is 16.3 Å². The minimum atomic E-state index is -3.92. The summed E-state index contributed by atoms with van der Waals surface area (Å²) >= 11 is 0. The SMILES string of the molecule is CC(C)(C)OC(=O)CCc1cccc(C[P+](c2ccccc2)(c2ccccc2)c2ccccc2)c1.CS(=O)(=O)[O-]. The molecule has 0 saturated heterocycles. The van der Waals surface area contributed by atoms with Gasteiger partial charge in [0.25, 0.3) is 0 Å². The van der Waals surface area contributed by atoms with Crippen LogP contribution in [-0.4, -0.2) is 30.8 Å². The average molecular weight is 577 g/mol. The second-order valence-electron chi connectivity index (χ2n) is 10.6. The number of carbonyl (C=O) groups is 1. The van der Waals surface area contributed by atoms with Crippen LogP contribution in [0.25, 0.3) is 0 Å². The van der Waals surface area contributed by atoms with Gasteiger partial charge in [-0.2, -0.15) is 0 Å². The number of carbonyl (C=O) groups excluding carboxylic acids is 1. The van der Waals surface area contributed by atoms with E-state index < -0.39 is 23.0 Å². The molecule has 0 atom stereocenters. The highest BCUT2D eigenvalue weighted by Crippen LogP contribution is 2.58. The van der Waals surface area contributed by atoms with Crippen molar-refractivity contribution in [2.45, 2.75) is 45.4 Å². The van der Waals surface area contributed by atoms with Gasteiger partial charge in [-0.1, -0.05) is 78.9 Å². The molecule has 40 heavy (non-hydrogen) atoms. The summed E-state index contributed by atoms with van der Waals surface area (Å²) in [6, 6.07) is 41.5. The van der Waals surface area contributed by atoms with Crippen LogP contribution in [0.15, 0.2) is 115 Å². The van der Waals surface area contributed by atoms with E-state index in [-0.39, 0.29) is 5.97 Å². The fraction of sp³-hybridized carbons (Fsp3) is 0.242. The summed E-state index contributed by atoms with van der Waals surface area (Å²) in [6.07, 6.45) is 2.59. The van der Waals surface area contributed by atoms with Crippen molar-refractivity contribution < 1.29 is 22.5 Å². The molecule has 4 aromatic rings. The summed E-state index contributed by atoms with van der Waals surface area (Å²) in [4.78, 5) is 12.3. The largest absolute Gasteiger partial charge is 0.748 e. The van der Waals surface area contributed by atoms with Gasteiger partial charge in [-0.25, -0.2) is 8.42 Å². The molecule has 210 valence electrons. The van der Waals surface area contributed by atoms with E-state index in [9.17, 15) is 4.79 Å². The third-order valence-corrected chi connectivity index (χ3v) is 10.4. The summed E-state index contributed by atoms with van der Waals surface area (Å²) in [5, 5.41) is 4.12. The van der Waals surface area contributed by atoms with E-state index in [1.165, 1.54) is 27.0 Å². The standard InChI is InChI=1S/C32H34O2P.CH4O3S/c1-32(2,3)34-31(33)23-22-26-14-13-15-27(24-26)25-35(28-16-7-4-8-17-28,29-18-9-5-10-19-29)30-20-11-6-12-21-30;1-5(2,3)4/h4-21,24H,22-23,25H2,1-3H3;1H3,(H,2,3,4)/q+1;/p-1. The van der Waals surface area contributed by atoms with E-state index >= 15 is 0 Å². The Morgan fingerprint density at radius 2 is 1.12 bits per heavy atom. The summed E-state index contributed by atoms with van der Waals surface area (Å²) in [5.41, 5.74) is 2.00. The van der Waals surface area contributed by atoms with Crippen LogP contribution < -0.4 is 15.9 Å². The number of esters is 1. The van der Waals surface area contributed by atoms with Crippen molar-refractivity contribution in [2.75, 3.05) is 6.26 Å². The van der Waals surface area contributed by atoms with Crippen LogP contribution >= 0.6 is 7.26 Å². The van der Waals surface area contributed by atoms with E-state index in [4.69, 9.17) is 17.7 Å². The lowest BCUT2D eigenvalue weighted by Crippen LogP contribution is -2.32. The van der Waals surface area contributed by atoms with Gasteiger partial charge < -0.3 is 9.29 Å². The van der Waals surface area contributed by atoms with E-state index in [1.807, 2.05) is 20.8 Å². The van der Waals surface area contributed by atoms with Crippen LogP contribution in [0.4, 0.5) is 0 Å². The first-order valence-corrected chi connectivity index (χ1v) is 16.9. The third-order valence-electron chi connectivity index (χ3n) is 6.04. The molecule has 0 saturated carbocycles. The molecule has 0 amide bonds. The first-order valence-electron chi connectivity index (χ1n) is 13.1. The summed E-state index contributed by atoms with van der Waals surface area (Å²) in [6.45, 7) is 5.72. The van der Waals surface area contributed by atoms with E-state index in [1.54, 1.807) is 0 Å². The Morgan fingerprint density at radius 1 is 0.725 bits per heavy atom. The molecule has 0 unspecified atom stereocenters. The van der Waals surface area contributed by atoms with Gasteiger partial charge >= 0.3 is 5.97 Å². The molecule has 0 fully saturated rings. The van der Waals surface area contributed by atoms with E-state index in [2.05, 4.69) is 115 Å². The molecule has 4 aromatic carbocycles. The molecule has 0 bridgehead atoms. The Labute approximate surface area is 239 Å². The molecule has 0 aliphatic rings. The van der Waals surface area contributed by atoms with E-state index in [0.29, 0.717) is 19.1 Å². The van der Waals surface area contributed by atoms with Crippen LogP contribution in [0.1, 0.15) is 38.3 Å². The highest BCUT2D eigenvalue weighted by molar-refractivity contribution is 7.95. The van der Waals surface area contributed by atoms with Gasteiger partial charge in [-0.15, -0.1) is 0 Å². The maximum Gasteiger partial charge on any atom is 0.306 e. The topological polar surface area (TPSA) is 83.5 Å². The zero-order valence-electron chi connectivity index (χ0n) is 23.5. The maximum atomic E-state index is 12.3. The number of ether oxygens (including phenoxy) is 1. The lowest BCUT2D eigenvalue weighted by molar-refractivity contribution is -0.154. The number of aryl methyl sites for hydroxylation is 1. The first-order chi connectivity index (χ1) is 18.9. The van der Waals surface area contributed by atoms with Gasteiger partial charge in [0.2, 0.25) is 0 Å². The number of benzene rings is 4. The van der Waals surface area contributed by atoms with Gasteiger partial charge in [0.1, 0.15) is 28.8 Å². The molecule has 0 aliphatic carbocycles. The Kier molecular flexibility index (Phi) is 10.8. The third kappa shape index (κ3) is 9.71. The van der Waals surface area contributed by atoms with Gasteiger partial charge in [0.15, 0.2) is 0 Å². The predicted octanol–water partition coefficient (Wildman–Crippen LogP) is 5.62. The molecular formula is C33H37O5PS. The molecule has 0 heterocycles. The van der Waals surface area contributed by atoms with Crippen molar-refractivity contribution in [3.8, 4) is 0 Å². The number of hydrogen-bond donors (Lipinski definition) is 0. The molecule has 0 spiro atoms. The fourth-order valence-corrected chi connectivity index (χ4v) is 8.79. The van der Waals surface area contributed by atoms with Crippen molar-refractivity contribution in [3.05, 3.63) is 126 Å². The van der Waals surface area contributed by atoms with Crippen LogP contribution in [0, 0.1) is 0 Å². The fourth-order valence-electron chi connectivity index (χ4n) is 4.56. The Balaban J connectivity index is 0.000000810. The zero-order valence-corrected chi connectivity index (χ0v) is 25.2. The van der Waals surface area contributed by atoms with Crippen molar-refractivity contribution in [1.82, 2.24) is 0 Å². The van der Waals surface area contributed by atoms with Crippen molar-refractivity contribution in [2.24, 2.45) is 0 Å². The first kappa shape index (κ1) is 31.2. The highest BCUT2D eigenvalue weighted by Gasteiger charge is 2.45. The predicted molar refractivity (Wildman–Crippen MR) is 165 cm³/mol. The molecule has 0 N–H and O–H groups in total.